The maximum Gasteiger partial charge on any atom is 0.255 e. The summed E-state index contributed by atoms with van der Waals surface area (Å²) in [5.41, 5.74) is 6.81. The zero-order valence-corrected chi connectivity index (χ0v) is 20.8. The van der Waals surface area contributed by atoms with Gasteiger partial charge in [0.15, 0.2) is 0 Å². The quantitative estimate of drug-likeness (QED) is 0.438. The van der Waals surface area contributed by atoms with E-state index in [0.29, 0.717) is 30.0 Å². The number of anilines is 1. The van der Waals surface area contributed by atoms with Crippen LogP contribution in [0.15, 0.2) is 18.2 Å². The molecule has 3 N–H and O–H groups in total. The first-order chi connectivity index (χ1) is 15.9. The van der Waals surface area contributed by atoms with E-state index < -0.39 is 0 Å². The van der Waals surface area contributed by atoms with E-state index >= 15 is 0 Å². The molecule has 0 aliphatic carbocycles. The molecule has 0 bridgehead atoms. The van der Waals surface area contributed by atoms with Crippen molar-refractivity contribution in [3.05, 3.63) is 23.8 Å². The van der Waals surface area contributed by atoms with Crippen LogP contribution in [0, 0.1) is 5.92 Å². The molecule has 2 atom stereocenters. The first-order valence-electron chi connectivity index (χ1n) is 12.2. The second-order valence-electron chi connectivity index (χ2n) is 8.78. The number of hydrogen-bond donors (Lipinski definition) is 2. The molecule has 1 aliphatic heterocycles. The molecular weight excluding hydrogens is 420 g/mol. The summed E-state index contributed by atoms with van der Waals surface area (Å²) in [6.45, 7) is 9.09. The van der Waals surface area contributed by atoms with Gasteiger partial charge in [0.25, 0.3) is 5.91 Å². The second kappa shape index (κ2) is 14.1. The highest BCUT2D eigenvalue weighted by Gasteiger charge is 2.29. The topological polar surface area (TPSA) is 97.1 Å². The Morgan fingerprint density at radius 1 is 1.21 bits per heavy atom. The number of piperidine rings is 1. The van der Waals surface area contributed by atoms with Crippen molar-refractivity contribution in [3.8, 4) is 5.75 Å². The minimum atomic E-state index is -0.175. The molecule has 1 aromatic carbocycles. The molecule has 0 radical (unpaired) electrons. The number of benzene rings is 1. The summed E-state index contributed by atoms with van der Waals surface area (Å²) >= 11 is 0. The number of nitrogens with two attached hydrogens (primary N) is 1. The van der Waals surface area contributed by atoms with Crippen LogP contribution in [0.4, 0.5) is 5.69 Å². The Morgan fingerprint density at radius 2 is 1.94 bits per heavy atom. The molecule has 2 rings (SSSR count). The molecule has 0 aromatic heterocycles. The summed E-state index contributed by atoms with van der Waals surface area (Å²) in [5, 5.41) is 3.03. The van der Waals surface area contributed by atoms with E-state index in [4.69, 9.17) is 15.2 Å². The molecule has 8 heteroatoms. The Bertz CT molecular complexity index is 752. The van der Waals surface area contributed by atoms with Gasteiger partial charge in [-0.2, -0.15) is 0 Å². The van der Waals surface area contributed by atoms with Crippen molar-refractivity contribution < 1.29 is 19.1 Å². The lowest BCUT2D eigenvalue weighted by Gasteiger charge is -2.38. The third kappa shape index (κ3) is 8.19. The summed E-state index contributed by atoms with van der Waals surface area (Å²) in [6.07, 6.45) is 4.42. The smallest absolute Gasteiger partial charge is 0.255 e. The van der Waals surface area contributed by atoms with E-state index in [-0.39, 0.29) is 23.8 Å². The lowest BCUT2D eigenvalue weighted by molar-refractivity contribution is -0.131. The third-order valence-electron chi connectivity index (χ3n) is 6.28. The number of carbonyl (C=O) groups is 2. The van der Waals surface area contributed by atoms with Crippen LogP contribution in [-0.4, -0.2) is 81.2 Å². The van der Waals surface area contributed by atoms with Crippen molar-refractivity contribution in [1.82, 2.24) is 15.1 Å². The Kier molecular flexibility index (Phi) is 11.5. The molecule has 8 nitrogen and oxygen atoms in total. The van der Waals surface area contributed by atoms with Gasteiger partial charge in [0.2, 0.25) is 5.91 Å². The van der Waals surface area contributed by atoms with E-state index in [1.165, 1.54) is 7.11 Å². The largest absolute Gasteiger partial charge is 0.496 e. The van der Waals surface area contributed by atoms with Crippen LogP contribution in [-0.2, 0) is 9.53 Å². The molecule has 1 fully saturated rings. The van der Waals surface area contributed by atoms with Crippen LogP contribution in [0.2, 0.25) is 0 Å². The molecular formula is C25H42N4O4. The van der Waals surface area contributed by atoms with E-state index in [0.717, 1.165) is 58.4 Å². The maximum absolute atomic E-state index is 12.7. The number of carbonyl (C=O) groups excluding carboxylic acids is 2. The predicted molar refractivity (Wildman–Crippen MR) is 131 cm³/mol. The summed E-state index contributed by atoms with van der Waals surface area (Å²) in [4.78, 5) is 29.5. The molecule has 0 spiro atoms. The normalized spacial score (nSPS) is 18.7. The number of methoxy groups -OCH3 is 2. The molecule has 1 heterocycles. The fourth-order valence-electron chi connectivity index (χ4n) is 4.46. The van der Waals surface area contributed by atoms with Crippen molar-refractivity contribution in [3.63, 3.8) is 0 Å². The number of likely N-dealkylation sites (tertiary alicyclic amines) is 1. The van der Waals surface area contributed by atoms with E-state index in [2.05, 4.69) is 24.1 Å². The average Bonchev–Trinajstić information content (AvgIpc) is 2.82. The van der Waals surface area contributed by atoms with Crippen LogP contribution in [0.25, 0.3) is 0 Å². The molecule has 1 aromatic rings. The minimum Gasteiger partial charge on any atom is -0.496 e. The van der Waals surface area contributed by atoms with Crippen LogP contribution < -0.4 is 15.8 Å². The van der Waals surface area contributed by atoms with Crippen LogP contribution in [0.5, 0.6) is 5.75 Å². The Labute approximate surface area is 198 Å². The minimum absolute atomic E-state index is 0.0414. The zero-order valence-electron chi connectivity index (χ0n) is 20.8. The zero-order chi connectivity index (χ0) is 24.2. The first kappa shape index (κ1) is 26.9. The third-order valence-corrected chi connectivity index (χ3v) is 6.28. The van der Waals surface area contributed by atoms with E-state index in [9.17, 15) is 9.59 Å². The highest BCUT2D eigenvalue weighted by molar-refractivity contribution is 5.97. The standard InChI is InChI=1S/C25H42N4O4/c1-5-12-29(13-6-2)24(30)8-7-14-28-15-11-19(23(18-28)33-4)17-27-25(31)21-10-9-20(26)16-22(21)32-3/h9-10,16,19,23H,5-8,11-15,17-18,26H2,1-4H3,(H,27,31). The second-order valence-corrected chi connectivity index (χ2v) is 8.78. The van der Waals surface area contributed by atoms with Crippen LogP contribution >= 0.6 is 0 Å². The highest BCUT2D eigenvalue weighted by atomic mass is 16.5. The first-order valence-corrected chi connectivity index (χ1v) is 12.2. The molecule has 1 saturated heterocycles. The number of nitrogens with one attached hydrogen (secondary N) is 1. The van der Waals surface area contributed by atoms with Gasteiger partial charge in [0, 0.05) is 57.4 Å². The SMILES string of the molecule is CCCN(CCC)C(=O)CCCN1CCC(CNC(=O)c2ccc(N)cc2OC)C(OC)C1. The molecule has 33 heavy (non-hydrogen) atoms. The van der Waals surface area contributed by atoms with Gasteiger partial charge in [-0.3, -0.25) is 9.59 Å². The van der Waals surface area contributed by atoms with Gasteiger partial charge >= 0.3 is 0 Å². The van der Waals surface area contributed by atoms with Crippen LogP contribution in [0.3, 0.4) is 0 Å². The van der Waals surface area contributed by atoms with Crippen molar-refractivity contribution in [2.75, 3.05) is 59.2 Å². The van der Waals surface area contributed by atoms with Crippen LogP contribution in [0.1, 0.15) is 56.3 Å². The fraction of sp³-hybridized carbons (Fsp3) is 0.680. The molecule has 2 amide bonds. The summed E-state index contributed by atoms with van der Waals surface area (Å²) in [6, 6.07) is 5.03. The van der Waals surface area contributed by atoms with E-state index in [1.54, 1.807) is 25.3 Å². The fourth-order valence-corrected chi connectivity index (χ4v) is 4.46. The number of rotatable bonds is 13. The van der Waals surface area contributed by atoms with Gasteiger partial charge in [0.1, 0.15) is 5.75 Å². The Balaban J connectivity index is 1.80. The number of hydrogen-bond acceptors (Lipinski definition) is 6. The summed E-state index contributed by atoms with van der Waals surface area (Å²) in [7, 11) is 3.25. The number of nitrogen functional groups attached to an aromatic ring is 1. The van der Waals surface area contributed by atoms with Gasteiger partial charge in [-0.1, -0.05) is 13.8 Å². The highest BCUT2D eigenvalue weighted by Crippen LogP contribution is 2.23. The predicted octanol–water partition coefficient (Wildman–Crippen LogP) is 2.77. The van der Waals surface area contributed by atoms with Gasteiger partial charge in [0.05, 0.1) is 18.8 Å². The summed E-state index contributed by atoms with van der Waals surface area (Å²) in [5.74, 6) is 0.793. The van der Waals surface area contributed by atoms with Crippen molar-refractivity contribution >= 4 is 17.5 Å². The lowest BCUT2D eigenvalue weighted by atomic mass is 9.93. The van der Waals surface area contributed by atoms with Crippen molar-refractivity contribution in [1.29, 1.82) is 0 Å². The van der Waals surface area contributed by atoms with E-state index in [1.807, 2.05) is 4.90 Å². The summed E-state index contributed by atoms with van der Waals surface area (Å²) < 4.78 is 11.0. The van der Waals surface area contributed by atoms with Crippen molar-refractivity contribution in [2.45, 2.75) is 52.1 Å². The number of ether oxygens (including phenoxy) is 2. The monoisotopic (exact) mass is 462 g/mol. The van der Waals surface area contributed by atoms with Crippen molar-refractivity contribution in [2.24, 2.45) is 5.92 Å². The molecule has 0 saturated carbocycles. The molecule has 2 unspecified atom stereocenters. The molecule has 186 valence electrons. The molecule has 1 aliphatic rings. The van der Waals surface area contributed by atoms with Gasteiger partial charge in [-0.25, -0.2) is 0 Å². The van der Waals surface area contributed by atoms with Gasteiger partial charge in [-0.15, -0.1) is 0 Å². The number of nitrogens with zero attached hydrogens (tertiary/aromatic N) is 2. The lowest BCUT2D eigenvalue weighted by Crippen LogP contribution is -2.48. The van der Waals surface area contributed by atoms with Gasteiger partial charge in [-0.05, 0) is 50.9 Å². The Morgan fingerprint density at radius 3 is 2.58 bits per heavy atom. The Hall–Kier alpha value is -2.32. The number of amides is 2. The maximum atomic E-state index is 12.7. The van der Waals surface area contributed by atoms with Gasteiger partial charge < -0.3 is 30.3 Å². The average molecular weight is 463 g/mol.